The zero-order chi connectivity index (χ0) is 22.1. The van der Waals surface area contributed by atoms with Gasteiger partial charge in [-0.05, 0) is 47.5 Å². The average Bonchev–Trinajstić information content (AvgIpc) is 2.83. The van der Waals surface area contributed by atoms with Crippen molar-refractivity contribution in [3.8, 4) is 23.0 Å². The summed E-state index contributed by atoms with van der Waals surface area (Å²) >= 11 is 0. The number of carbonyl (C=O) groups excluding carboxylic acids is 1. The maximum atomic E-state index is 12.4. The predicted molar refractivity (Wildman–Crippen MR) is 118 cm³/mol. The van der Waals surface area contributed by atoms with Crippen molar-refractivity contribution in [2.24, 2.45) is 5.10 Å². The third-order valence-corrected chi connectivity index (χ3v) is 4.44. The van der Waals surface area contributed by atoms with Crippen LogP contribution in [0.5, 0.6) is 23.0 Å². The molecule has 0 unspecified atom stereocenters. The highest BCUT2D eigenvalue weighted by atomic mass is 16.5. The van der Waals surface area contributed by atoms with Gasteiger partial charge in [-0.3, -0.25) is 4.79 Å². The summed E-state index contributed by atoms with van der Waals surface area (Å²) < 4.78 is 21.6. The summed E-state index contributed by atoms with van der Waals surface area (Å²) in [5.74, 6) is 1.55. The van der Waals surface area contributed by atoms with Crippen molar-refractivity contribution in [3.05, 3.63) is 83.4 Å². The lowest BCUT2D eigenvalue weighted by Crippen LogP contribution is -2.18. The molecule has 0 atom stereocenters. The van der Waals surface area contributed by atoms with Gasteiger partial charge in [0.2, 0.25) is 5.75 Å². The lowest BCUT2D eigenvalue weighted by molar-refractivity contribution is 0.0954. The molecule has 7 heteroatoms. The fourth-order valence-corrected chi connectivity index (χ4v) is 2.83. The zero-order valence-corrected chi connectivity index (χ0v) is 17.6. The first-order chi connectivity index (χ1) is 15.1. The number of ether oxygens (including phenoxy) is 4. The lowest BCUT2D eigenvalue weighted by Gasteiger charge is -2.13. The standard InChI is InChI=1S/C24H24N2O5/c1-28-21-13-19(14-22(29-2)23(21)30-3)24(27)26-25-15-17-9-11-20(12-10-17)31-16-18-7-5-4-6-8-18/h4-15H,16H2,1-3H3,(H,26,27). The van der Waals surface area contributed by atoms with E-state index >= 15 is 0 Å². The van der Waals surface area contributed by atoms with Crippen molar-refractivity contribution in [2.45, 2.75) is 6.61 Å². The van der Waals surface area contributed by atoms with Gasteiger partial charge in [-0.15, -0.1) is 0 Å². The Balaban J connectivity index is 1.59. The SMILES string of the molecule is COc1cc(C(=O)NN=Cc2ccc(OCc3ccccc3)cc2)cc(OC)c1OC. The Kier molecular flexibility index (Phi) is 7.48. The van der Waals surface area contributed by atoms with Gasteiger partial charge in [0.05, 0.1) is 27.5 Å². The second-order valence-electron chi connectivity index (χ2n) is 6.46. The van der Waals surface area contributed by atoms with E-state index in [-0.39, 0.29) is 0 Å². The number of amides is 1. The second-order valence-corrected chi connectivity index (χ2v) is 6.46. The molecule has 3 aromatic carbocycles. The Morgan fingerprint density at radius 2 is 1.55 bits per heavy atom. The lowest BCUT2D eigenvalue weighted by atomic mass is 10.1. The van der Waals surface area contributed by atoms with Crippen LogP contribution in [-0.2, 0) is 6.61 Å². The molecule has 1 amide bonds. The summed E-state index contributed by atoms with van der Waals surface area (Å²) in [6.45, 7) is 0.499. The first-order valence-electron chi connectivity index (χ1n) is 9.54. The summed E-state index contributed by atoms with van der Waals surface area (Å²) in [5.41, 5.74) is 4.74. The van der Waals surface area contributed by atoms with E-state index in [1.807, 2.05) is 54.6 Å². The van der Waals surface area contributed by atoms with E-state index in [9.17, 15) is 4.79 Å². The van der Waals surface area contributed by atoms with Crippen molar-refractivity contribution in [3.63, 3.8) is 0 Å². The molecule has 0 bridgehead atoms. The number of hydrazone groups is 1. The van der Waals surface area contributed by atoms with Crippen molar-refractivity contribution in [1.29, 1.82) is 0 Å². The van der Waals surface area contributed by atoms with E-state index in [0.717, 1.165) is 16.9 Å². The van der Waals surface area contributed by atoms with Gasteiger partial charge in [0.15, 0.2) is 11.5 Å². The first-order valence-corrected chi connectivity index (χ1v) is 9.54. The van der Waals surface area contributed by atoms with Crippen molar-refractivity contribution < 1.29 is 23.7 Å². The molecule has 3 aromatic rings. The van der Waals surface area contributed by atoms with Crippen LogP contribution in [0.4, 0.5) is 0 Å². The van der Waals surface area contributed by atoms with E-state index < -0.39 is 5.91 Å². The van der Waals surface area contributed by atoms with Crippen LogP contribution < -0.4 is 24.4 Å². The van der Waals surface area contributed by atoms with Crippen LogP contribution in [0.2, 0.25) is 0 Å². The number of nitrogens with one attached hydrogen (secondary N) is 1. The molecule has 0 spiro atoms. The highest BCUT2D eigenvalue weighted by molar-refractivity contribution is 5.96. The Bertz CT molecular complexity index is 1010. The normalized spacial score (nSPS) is 10.5. The van der Waals surface area contributed by atoms with Crippen LogP contribution in [0.3, 0.4) is 0 Å². The monoisotopic (exact) mass is 420 g/mol. The molecule has 7 nitrogen and oxygen atoms in total. The Morgan fingerprint density at radius 1 is 0.903 bits per heavy atom. The minimum atomic E-state index is -0.404. The van der Waals surface area contributed by atoms with Crippen molar-refractivity contribution in [1.82, 2.24) is 5.43 Å². The Hall–Kier alpha value is -4.00. The van der Waals surface area contributed by atoms with Gasteiger partial charge in [-0.25, -0.2) is 5.43 Å². The number of hydrogen-bond acceptors (Lipinski definition) is 6. The van der Waals surface area contributed by atoms with Crippen LogP contribution >= 0.6 is 0 Å². The molecule has 0 saturated carbocycles. The van der Waals surface area contributed by atoms with E-state index in [2.05, 4.69) is 10.5 Å². The van der Waals surface area contributed by atoms with E-state index in [1.165, 1.54) is 21.3 Å². The number of benzene rings is 3. The molecule has 1 N–H and O–H groups in total. The minimum Gasteiger partial charge on any atom is -0.493 e. The van der Waals surface area contributed by atoms with Gasteiger partial charge in [0, 0.05) is 5.56 Å². The first kappa shape index (κ1) is 21.7. The van der Waals surface area contributed by atoms with Gasteiger partial charge in [-0.1, -0.05) is 30.3 Å². The minimum absolute atomic E-state index is 0.330. The molecule has 0 radical (unpaired) electrons. The zero-order valence-electron chi connectivity index (χ0n) is 17.6. The van der Waals surface area contributed by atoms with Crippen molar-refractivity contribution in [2.75, 3.05) is 21.3 Å². The number of carbonyl (C=O) groups is 1. The third-order valence-electron chi connectivity index (χ3n) is 4.44. The maximum Gasteiger partial charge on any atom is 0.271 e. The van der Waals surface area contributed by atoms with Crippen LogP contribution in [-0.4, -0.2) is 33.5 Å². The summed E-state index contributed by atoms with van der Waals surface area (Å²) in [5, 5.41) is 4.02. The summed E-state index contributed by atoms with van der Waals surface area (Å²) in [6, 6.07) is 20.5. The third kappa shape index (κ3) is 5.76. The number of methoxy groups -OCH3 is 3. The molecular formula is C24H24N2O5. The molecule has 31 heavy (non-hydrogen) atoms. The van der Waals surface area contributed by atoms with E-state index in [0.29, 0.717) is 29.4 Å². The molecule has 0 fully saturated rings. The highest BCUT2D eigenvalue weighted by Gasteiger charge is 2.16. The molecule has 0 aliphatic carbocycles. The number of rotatable bonds is 9. The van der Waals surface area contributed by atoms with Gasteiger partial charge >= 0.3 is 0 Å². The fourth-order valence-electron chi connectivity index (χ4n) is 2.83. The van der Waals surface area contributed by atoms with Gasteiger partial charge in [0.1, 0.15) is 12.4 Å². The van der Waals surface area contributed by atoms with Crippen LogP contribution in [0, 0.1) is 0 Å². The van der Waals surface area contributed by atoms with Crippen LogP contribution in [0.15, 0.2) is 71.8 Å². The van der Waals surface area contributed by atoms with E-state index in [1.54, 1.807) is 18.3 Å². The highest BCUT2D eigenvalue weighted by Crippen LogP contribution is 2.38. The van der Waals surface area contributed by atoms with E-state index in [4.69, 9.17) is 18.9 Å². The second kappa shape index (κ2) is 10.7. The van der Waals surface area contributed by atoms with Gasteiger partial charge in [0.25, 0.3) is 5.91 Å². The molecule has 160 valence electrons. The van der Waals surface area contributed by atoms with Crippen LogP contribution in [0.1, 0.15) is 21.5 Å². The summed E-state index contributed by atoms with van der Waals surface area (Å²) in [7, 11) is 4.48. The molecule has 0 aliphatic heterocycles. The molecule has 3 rings (SSSR count). The summed E-state index contributed by atoms with van der Waals surface area (Å²) in [6.07, 6.45) is 1.55. The number of hydrogen-bond donors (Lipinski definition) is 1. The molecule has 0 aliphatic rings. The maximum absolute atomic E-state index is 12.4. The fraction of sp³-hybridized carbons (Fsp3) is 0.167. The van der Waals surface area contributed by atoms with Crippen molar-refractivity contribution >= 4 is 12.1 Å². The number of nitrogens with zero attached hydrogens (tertiary/aromatic N) is 1. The largest absolute Gasteiger partial charge is 0.493 e. The molecule has 0 heterocycles. The molecule has 0 saturated heterocycles. The Labute approximate surface area is 181 Å². The topological polar surface area (TPSA) is 78.4 Å². The quantitative estimate of drug-likeness (QED) is 0.417. The van der Waals surface area contributed by atoms with Gasteiger partial charge in [-0.2, -0.15) is 5.10 Å². The average molecular weight is 420 g/mol. The molecule has 0 aromatic heterocycles. The Morgan fingerprint density at radius 3 is 2.13 bits per heavy atom. The summed E-state index contributed by atoms with van der Waals surface area (Å²) in [4.78, 5) is 12.4. The van der Waals surface area contributed by atoms with Crippen LogP contribution in [0.25, 0.3) is 0 Å². The molecular weight excluding hydrogens is 396 g/mol. The van der Waals surface area contributed by atoms with Gasteiger partial charge < -0.3 is 18.9 Å². The predicted octanol–water partition coefficient (Wildman–Crippen LogP) is 4.06. The smallest absolute Gasteiger partial charge is 0.271 e.